The first-order valence-corrected chi connectivity index (χ1v) is 7.99. The number of carbonyl (C=O) groups excluding carboxylic acids is 1. The molecule has 0 fully saturated rings. The molecule has 0 atom stereocenters. The highest BCUT2D eigenvalue weighted by Gasteiger charge is 2.28. The van der Waals surface area contributed by atoms with E-state index in [0.717, 1.165) is 6.92 Å². The van der Waals surface area contributed by atoms with Gasteiger partial charge in [0.25, 0.3) is 0 Å². The summed E-state index contributed by atoms with van der Waals surface area (Å²) in [6.45, 7) is 0.639. The van der Waals surface area contributed by atoms with E-state index in [0.29, 0.717) is 5.76 Å². The molecule has 0 radical (unpaired) electrons. The van der Waals surface area contributed by atoms with Crippen LogP contribution in [0.25, 0.3) is 0 Å². The predicted molar refractivity (Wildman–Crippen MR) is 89.8 cm³/mol. The van der Waals surface area contributed by atoms with Crippen LogP contribution in [0, 0.1) is 5.82 Å². The van der Waals surface area contributed by atoms with Crippen LogP contribution in [0.15, 0.2) is 53.1 Å². The fourth-order valence-electron chi connectivity index (χ4n) is 2.27. The number of nitrogens with zero attached hydrogens (tertiary/aromatic N) is 2. The lowest BCUT2D eigenvalue weighted by molar-refractivity contribution is -0.00636. The summed E-state index contributed by atoms with van der Waals surface area (Å²) in [7, 11) is 0. The van der Waals surface area contributed by atoms with Crippen LogP contribution in [0.1, 0.15) is 24.0 Å². The smallest absolute Gasteiger partial charge is 0.413 e. The molecule has 6 nitrogen and oxygen atoms in total. The van der Waals surface area contributed by atoms with Gasteiger partial charge in [0.05, 0.1) is 6.54 Å². The highest BCUT2D eigenvalue weighted by molar-refractivity contribution is 5.83. The van der Waals surface area contributed by atoms with E-state index in [1.807, 2.05) is 0 Å². The molecule has 0 saturated heterocycles. The molecule has 0 aliphatic heterocycles. The van der Waals surface area contributed by atoms with Gasteiger partial charge < -0.3 is 9.15 Å². The lowest BCUT2D eigenvalue weighted by Gasteiger charge is -2.06. The van der Waals surface area contributed by atoms with Crippen LogP contribution in [0.4, 0.5) is 23.8 Å². The van der Waals surface area contributed by atoms with Gasteiger partial charge in [-0.2, -0.15) is 13.9 Å². The van der Waals surface area contributed by atoms with Crippen LogP contribution in [-0.4, -0.2) is 15.9 Å². The van der Waals surface area contributed by atoms with Gasteiger partial charge in [-0.1, -0.05) is 18.2 Å². The van der Waals surface area contributed by atoms with Crippen molar-refractivity contribution in [1.29, 1.82) is 0 Å². The van der Waals surface area contributed by atoms with E-state index < -0.39 is 23.6 Å². The molecule has 0 saturated carbocycles. The van der Waals surface area contributed by atoms with Gasteiger partial charge in [0.15, 0.2) is 11.6 Å². The SMILES string of the molecule is CC(F)(F)c1ccc(Cn2ccc(NC(=O)OCc3ccccc3F)n2)o1. The number of aromatic nitrogens is 2. The second-order valence-electron chi connectivity index (χ2n) is 5.85. The van der Waals surface area contributed by atoms with Crippen molar-refractivity contribution in [3.8, 4) is 0 Å². The molecular formula is C18H16F3N3O3. The van der Waals surface area contributed by atoms with Crippen molar-refractivity contribution in [3.63, 3.8) is 0 Å². The minimum absolute atomic E-state index is 0.113. The summed E-state index contributed by atoms with van der Waals surface area (Å²) in [5, 5.41) is 6.47. The van der Waals surface area contributed by atoms with E-state index >= 15 is 0 Å². The molecule has 142 valence electrons. The Morgan fingerprint density at radius 2 is 2.04 bits per heavy atom. The minimum atomic E-state index is -3.06. The maximum atomic E-state index is 13.5. The Hall–Kier alpha value is -3.23. The number of nitrogens with one attached hydrogen (secondary N) is 1. The first-order chi connectivity index (χ1) is 12.8. The second-order valence-corrected chi connectivity index (χ2v) is 5.85. The molecule has 2 heterocycles. The number of hydrogen-bond acceptors (Lipinski definition) is 4. The first kappa shape index (κ1) is 18.6. The number of hydrogen-bond donors (Lipinski definition) is 1. The lowest BCUT2D eigenvalue weighted by Crippen LogP contribution is -2.14. The minimum Gasteiger partial charge on any atom is -0.458 e. The number of halogens is 3. The van der Waals surface area contributed by atoms with E-state index in [1.54, 1.807) is 12.3 Å². The van der Waals surface area contributed by atoms with E-state index in [-0.39, 0.29) is 24.5 Å². The average molecular weight is 379 g/mol. The van der Waals surface area contributed by atoms with Gasteiger partial charge in [0.1, 0.15) is 18.2 Å². The molecule has 0 bridgehead atoms. The van der Waals surface area contributed by atoms with Gasteiger partial charge in [-0.3, -0.25) is 10.00 Å². The summed E-state index contributed by atoms with van der Waals surface area (Å²) in [5.74, 6) is -3.47. The third-order valence-electron chi connectivity index (χ3n) is 3.60. The van der Waals surface area contributed by atoms with Gasteiger partial charge in [0.2, 0.25) is 0 Å². The number of anilines is 1. The largest absolute Gasteiger partial charge is 0.458 e. The van der Waals surface area contributed by atoms with Gasteiger partial charge in [0, 0.05) is 24.8 Å². The van der Waals surface area contributed by atoms with Gasteiger partial charge in [-0.25, -0.2) is 9.18 Å². The lowest BCUT2D eigenvalue weighted by atomic mass is 10.2. The first-order valence-electron chi connectivity index (χ1n) is 7.99. The van der Waals surface area contributed by atoms with Crippen molar-refractivity contribution in [3.05, 3.63) is 71.6 Å². The van der Waals surface area contributed by atoms with E-state index in [4.69, 9.17) is 9.15 Å². The number of alkyl halides is 2. The van der Waals surface area contributed by atoms with Crippen LogP contribution in [0.5, 0.6) is 0 Å². The van der Waals surface area contributed by atoms with Crippen molar-refractivity contribution >= 4 is 11.9 Å². The number of ether oxygens (including phenoxy) is 1. The Morgan fingerprint density at radius 3 is 2.74 bits per heavy atom. The molecule has 1 amide bonds. The number of rotatable bonds is 6. The Morgan fingerprint density at radius 1 is 1.26 bits per heavy atom. The van der Waals surface area contributed by atoms with Crippen molar-refractivity contribution < 1.29 is 27.1 Å². The number of furan rings is 1. The molecule has 27 heavy (non-hydrogen) atoms. The molecule has 0 unspecified atom stereocenters. The highest BCUT2D eigenvalue weighted by Crippen LogP contribution is 2.28. The summed E-state index contributed by atoms with van der Waals surface area (Å²) in [4.78, 5) is 11.8. The van der Waals surface area contributed by atoms with Crippen LogP contribution >= 0.6 is 0 Å². The van der Waals surface area contributed by atoms with Gasteiger partial charge in [-0.15, -0.1) is 0 Å². The molecule has 1 aromatic carbocycles. The maximum absolute atomic E-state index is 13.5. The van der Waals surface area contributed by atoms with Crippen molar-refractivity contribution in [2.24, 2.45) is 0 Å². The summed E-state index contributed by atoms with van der Waals surface area (Å²) >= 11 is 0. The van der Waals surface area contributed by atoms with Crippen molar-refractivity contribution in [1.82, 2.24) is 9.78 Å². The Kier molecular flexibility index (Phi) is 5.20. The number of amides is 1. The van der Waals surface area contributed by atoms with Crippen LogP contribution in [0.3, 0.4) is 0 Å². The van der Waals surface area contributed by atoms with Crippen LogP contribution in [0.2, 0.25) is 0 Å². The summed E-state index contributed by atoms with van der Waals surface area (Å²) in [5.41, 5.74) is 0.250. The van der Waals surface area contributed by atoms with Crippen molar-refractivity contribution in [2.75, 3.05) is 5.32 Å². The average Bonchev–Trinajstić information content (AvgIpc) is 3.24. The third kappa shape index (κ3) is 4.90. The molecule has 0 aliphatic rings. The molecule has 0 aliphatic carbocycles. The Bertz CT molecular complexity index is 931. The van der Waals surface area contributed by atoms with Gasteiger partial charge >= 0.3 is 12.0 Å². The quantitative estimate of drug-likeness (QED) is 0.684. The molecule has 0 spiro atoms. The molecule has 3 aromatic rings. The fourth-order valence-corrected chi connectivity index (χ4v) is 2.27. The molecule has 1 N–H and O–H groups in total. The third-order valence-corrected chi connectivity index (χ3v) is 3.60. The molecule has 9 heteroatoms. The van der Waals surface area contributed by atoms with Crippen LogP contribution in [-0.2, 0) is 23.8 Å². The van der Waals surface area contributed by atoms with E-state index in [1.165, 1.54) is 41.1 Å². The highest BCUT2D eigenvalue weighted by atomic mass is 19.3. The molecule has 2 aromatic heterocycles. The Labute approximate surface area is 152 Å². The monoisotopic (exact) mass is 379 g/mol. The predicted octanol–water partition coefficient (Wildman–Crippen LogP) is 4.52. The maximum Gasteiger partial charge on any atom is 0.413 e. The van der Waals surface area contributed by atoms with E-state index in [2.05, 4.69) is 10.4 Å². The Balaban J connectivity index is 1.54. The number of carbonyl (C=O) groups is 1. The molecule has 3 rings (SSSR count). The summed E-state index contributed by atoms with van der Waals surface area (Å²) < 4.78 is 51.2. The molecular weight excluding hydrogens is 363 g/mol. The van der Waals surface area contributed by atoms with E-state index in [9.17, 15) is 18.0 Å². The van der Waals surface area contributed by atoms with Crippen molar-refractivity contribution in [2.45, 2.75) is 26.0 Å². The van der Waals surface area contributed by atoms with Gasteiger partial charge in [-0.05, 0) is 18.2 Å². The standard InChI is InChI=1S/C18H16F3N3O3/c1-18(20,21)15-7-6-13(27-15)10-24-9-8-16(23-24)22-17(25)26-11-12-4-2-3-5-14(12)19/h2-9H,10-11H2,1H3,(H,22,23,25). The normalized spacial score (nSPS) is 11.4. The zero-order chi connectivity index (χ0) is 19.4. The topological polar surface area (TPSA) is 69.3 Å². The van der Waals surface area contributed by atoms with Crippen LogP contribution < -0.4 is 5.32 Å². The zero-order valence-corrected chi connectivity index (χ0v) is 14.3. The second kappa shape index (κ2) is 7.56. The fraction of sp³-hybridized carbons (Fsp3) is 0.222. The zero-order valence-electron chi connectivity index (χ0n) is 14.3. The summed E-state index contributed by atoms with van der Waals surface area (Å²) in [6, 6.07) is 10.1. The number of benzene rings is 1. The summed E-state index contributed by atoms with van der Waals surface area (Å²) in [6.07, 6.45) is 0.744.